The Hall–Kier alpha value is -2.22. The van der Waals surface area contributed by atoms with Crippen molar-refractivity contribution in [3.05, 3.63) is 44.4 Å². The Morgan fingerprint density at radius 3 is 2.74 bits per heavy atom. The van der Waals surface area contributed by atoms with Crippen molar-refractivity contribution in [2.75, 3.05) is 12.5 Å². The van der Waals surface area contributed by atoms with E-state index in [2.05, 4.69) is 41.6 Å². The highest BCUT2D eigenvalue weighted by Crippen LogP contribution is 2.25. The average Bonchev–Trinajstić information content (AvgIpc) is 2.46. The number of ether oxygens (including phenoxy) is 1. The minimum atomic E-state index is -0.525. The molecule has 0 bridgehead atoms. The van der Waals surface area contributed by atoms with Gasteiger partial charge in [0.05, 0.1) is 17.8 Å². The Morgan fingerprint density at radius 2 is 2.13 bits per heavy atom. The van der Waals surface area contributed by atoms with E-state index < -0.39 is 5.69 Å². The van der Waals surface area contributed by atoms with E-state index >= 15 is 0 Å². The molecule has 1 aromatic carbocycles. The molecule has 1 aromatic heterocycles. The fraction of sp³-hybridized carbons (Fsp3) is 0.333. The monoisotopic (exact) mass is 379 g/mol. The van der Waals surface area contributed by atoms with Gasteiger partial charge in [-0.25, -0.2) is 9.89 Å². The van der Waals surface area contributed by atoms with E-state index in [1.807, 2.05) is 39.0 Å². The van der Waals surface area contributed by atoms with Gasteiger partial charge in [-0.05, 0) is 39.7 Å². The van der Waals surface area contributed by atoms with Crippen molar-refractivity contribution in [3.8, 4) is 5.75 Å². The smallest absolute Gasteiger partial charge is 0.363 e. The molecule has 0 amide bonds. The molecule has 0 radical (unpaired) electrons. The van der Waals surface area contributed by atoms with Crippen LogP contribution in [0.2, 0.25) is 0 Å². The number of rotatable bonds is 4. The highest BCUT2D eigenvalue weighted by atomic mass is 79.9. The lowest BCUT2D eigenvalue weighted by molar-refractivity contribution is 0.412. The van der Waals surface area contributed by atoms with Crippen molar-refractivity contribution in [2.45, 2.75) is 26.2 Å². The van der Waals surface area contributed by atoms with Gasteiger partial charge in [0, 0.05) is 5.41 Å². The minimum Gasteiger partial charge on any atom is -0.496 e. The molecule has 1 heterocycles. The Kier molecular flexibility index (Phi) is 5.15. The van der Waals surface area contributed by atoms with Crippen LogP contribution in [0.3, 0.4) is 0 Å². The lowest BCUT2D eigenvalue weighted by atomic mass is 9.92. The Balaban J connectivity index is 2.22. The van der Waals surface area contributed by atoms with Gasteiger partial charge in [-0.15, -0.1) is 0 Å². The number of methoxy groups -OCH3 is 1. The first-order valence-corrected chi connectivity index (χ1v) is 7.70. The standard InChI is InChI=1S/C15H18BrN5O2/c1-15(2,3)12-13(18-14(22)21-19-12)20-17-8-9-5-6-11(23-4)10(16)7-9/h5-8H,1-4H3,(H2,18,20,21,22)/b17-8+. The third kappa shape index (κ3) is 4.38. The maximum absolute atomic E-state index is 11.4. The van der Waals surface area contributed by atoms with Gasteiger partial charge in [-0.1, -0.05) is 20.8 Å². The van der Waals surface area contributed by atoms with E-state index in [-0.39, 0.29) is 5.41 Å². The van der Waals surface area contributed by atoms with Crippen LogP contribution >= 0.6 is 15.9 Å². The zero-order chi connectivity index (χ0) is 17.0. The quantitative estimate of drug-likeness (QED) is 0.629. The van der Waals surface area contributed by atoms with Crippen LogP contribution in [0, 0.1) is 0 Å². The first-order valence-electron chi connectivity index (χ1n) is 6.91. The van der Waals surface area contributed by atoms with Gasteiger partial charge in [0.15, 0.2) is 5.82 Å². The van der Waals surface area contributed by atoms with Gasteiger partial charge in [-0.2, -0.15) is 15.2 Å². The summed E-state index contributed by atoms with van der Waals surface area (Å²) >= 11 is 3.42. The minimum absolute atomic E-state index is 0.280. The van der Waals surface area contributed by atoms with E-state index in [1.54, 1.807) is 13.3 Å². The first-order chi connectivity index (χ1) is 10.8. The van der Waals surface area contributed by atoms with Gasteiger partial charge in [0.2, 0.25) is 0 Å². The van der Waals surface area contributed by atoms with E-state index in [1.165, 1.54) is 0 Å². The predicted octanol–water partition coefficient (Wildman–Crippen LogP) is 2.68. The highest BCUT2D eigenvalue weighted by Gasteiger charge is 2.21. The SMILES string of the molecule is COc1ccc(/C=N/Nc2nc(=O)[nH]nc2C(C)(C)C)cc1Br. The number of H-pyrrole nitrogens is 1. The number of aromatic nitrogens is 3. The summed E-state index contributed by atoms with van der Waals surface area (Å²) in [4.78, 5) is 15.3. The zero-order valence-electron chi connectivity index (χ0n) is 13.3. The molecule has 2 aromatic rings. The van der Waals surface area contributed by atoms with Crippen molar-refractivity contribution in [2.24, 2.45) is 5.10 Å². The van der Waals surface area contributed by atoms with E-state index in [4.69, 9.17) is 4.74 Å². The molecule has 0 spiro atoms. The fourth-order valence-electron chi connectivity index (χ4n) is 1.87. The maximum atomic E-state index is 11.4. The lowest BCUT2D eigenvalue weighted by Gasteiger charge is -2.18. The number of anilines is 1. The summed E-state index contributed by atoms with van der Waals surface area (Å²) in [6.45, 7) is 5.93. The molecule has 0 aliphatic carbocycles. The predicted molar refractivity (Wildman–Crippen MR) is 93.3 cm³/mol. The van der Waals surface area contributed by atoms with Crippen LogP contribution in [0.4, 0.5) is 5.82 Å². The van der Waals surface area contributed by atoms with Crippen LogP contribution in [0.15, 0.2) is 32.6 Å². The molecule has 23 heavy (non-hydrogen) atoms. The van der Waals surface area contributed by atoms with Crippen molar-refractivity contribution >= 4 is 28.0 Å². The van der Waals surface area contributed by atoms with Crippen molar-refractivity contribution in [1.82, 2.24) is 15.2 Å². The van der Waals surface area contributed by atoms with E-state index in [0.717, 1.165) is 15.8 Å². The number of hydrogen-bond acceptors (Lipinski definition) is 6. The molecule has 8 heteroatoms. The summed E-state index contributed by atoms with van der Waals surface area (Å²) in [5, 5.41) is 10.5. The molecule has 2 N–H and O–H groups in total. The maximum Gasteiger partial charge on any atom is 0.363 e. The molecular weight excluding hydrogens is 362 g/mol. The number of benzene rings is 1. The molecular formula is C15H18BrN5O2. The van der Waals surface area contributed by atoms with Crippen LogP contribution in [0.25, 0.3) is 0 Å². The third-order valence-electron chi connectivity index (χ3n) is 2.97. The normalized spacial score (nSPS) is 11.7. The fourth-order valence-corrected chi connectivity index (χ4v) is 2.43. The van der Waals surface area contributed by atoms with E-state index in [9.17, 15) is 4.79 Å². The summed E-state index contributed by atoms with van der Waals surface area (Å²) in [6, 6.07) is 5.57. The number of nitrogens with zero attached hydrogens (tertiary/aromatic N) is 3. The van der Waals surface area contributed by atoms with Crippen molar-refractivity contribution in [3.63, 3.8) is 0 Å². The Bertz CT molecular complexity index is 780. The summed E-state index contributed by atoms with van der Waals surface area (Å²) in [7, 11) is 1.61. The number of halogens is 1. The third-order valence-corrected chi connectivity index (χ3v) is 3.59. The second-order valence-electron chi connectivity index (χ2n) is 5.85. The molecule has 0 saturated carbocycles. The first kappa shape index (κ1) is 17.1. The van der Waals surface area contributed by atoms with Crippen LogP contribution in [0.1, 0.15) is 32.0 Å². The molecule has 122 valence electrons. The Labute approximate surface area is 142 Å². The van der Waals surface area contributed by atoms with Gasteiger partial charge < -0.3 is 4.74 Å². The average molecular weight is 380 g/mol. The van der Waals surface area contributed by atoms with Crippen molar-refractivity contribution in [1.29, 1.82) is 0 Å². The second-order valence-corrected chi connectivity index (χ2v) is 6.71. The van der Waals surface area contributed by atoms with Crippen molar-refractivity contribution < 1.29 is 4.74 Å². The highest BCUT2D eigenvalue weighted by molar-refractivity contribution is 9.10. The lowest BCUT2D eigenvalue weighted by Crippen LogP contribution is -2.24. The van der Waals surface area contributed by atoms with E-state index in [0.29, 0.717) is 11.5 Å². The topological polar surface area (TPSA) is 92.3 Å². The Morgan fingerprint density at radius 1 is 1.39 bits per heavy atom. The van der Waals surface area contributed by atoms with Crippen LogP contribution in [0.5, 0.6) is 5.75 Å². The molecule has 0 aliphatic heterocycles. The van der Waals surface area contributed by atoms with Gasteiger partial charge in [-0.3, -0.25) is 5.43 Å². The summed E-state index contributed by atoms with van der Waals surface area (Å²) in [5.41, 5.74) is 3.47. The molecule has 2 rings (SSSR count). The van der Waals surface area contributed by atoms with Gasteiger partial charge in [0.1, 0.15) is 11.4 Å². The number of hydrazone groups is 1. The number of aromatic amines is 1. The number of hydrogen-bond donors (Lipinski definition) is 2. The summed E-state index contributed by atoms with van der Waals surface area (Å²) < 4.78 is 6.01. The largest absolute Gasteiger partial charge is 0.496 e. The van der Waals surface area contributed by atoms with Gasteiger partial charge in [0.25, 0.3) is 0 Å². The second kappa shape index (κ2) is 6.91. The molecule has 0 unspecified atom stereocenters. The summed E-state index contributed by atoms with van der Waals surface area (Å²) in [5.74, 6) is 1.08. The number of nitrogens with one attached hydrogen (secondary N) is 2. The molecule has 0 aliphatic rings. The molecule has 7 nitrogen and oxygen atoms in total. The van der Waals surface area contributed by atoms with Crippen LogP contribution in [-0.2, 0) is 5.41 Å². The van der Waals surface area contributed by atoms with Crippen LogP contribution < -0.4 is 15.9 Å². The van der Waals surface area contributed by atoms with Crippen LogP contribution in [-0.4, -0.2) is 28.5 Å². The zero-order valence-corrected chi connectivity index (χ0v) is 14.9. The van der Waals surface area contributed by atoms with Gasteiger partial charge >= 0.3 is 5.69 Å². The summed E-state index contributed by atoms with van der Waals surface area (Å²) in [6.07, 6.45) is 1.62. The molecule has 0 saturated heterocycles. The molecule has 0 fully saturated rings. The molecule has 0 atom stereocenters.